The number of anilines is 1. The van der Waals surface area contributed by atoms with Crippen LogP contribution in [0, 0.1) is 10.1 Å². The number of amides is 1. The van der Waals surface area contributed by atoms with E-state index in [-0.39, 0.29) is 23.3 Å². The van der Waals surface area contributed by atoms with E-state index in [4.69, 9.17) is 14.2 Å². The van der Waals surface area contributed by atoms with Crippen LogP contribution in [-0.4, -0.2) is 80.2 Å². The average molecular weight is 459 g/mol. The van der Waals surface area contributed by atoms with Crippen molar-refractivity contribution in [3.8, 4) is 17.2 Å². The van der Waals surface area contributed by atoms with Gasteiger partial charge in [-0.2, -0.15) is 0 Å². The maximum Gasteiger partial charge on any atom is 0.271 e. The van der Waals surface area contributed by atoms with Gasteiger partial charge < -0.3 is 19.5 Å². The molecule has 1 N–H and O–H groups in total. The van der Waals surface area contributed by atoms with E-state index in [1.807, 2.05) is 31.2 Å². The van der Waals surface area contributed by atoms with Crippen molar-refractivity contribution < 1.29 is 23.9 Å². The minimum absolute atomic E-state index is 0.107. The smallest absolute Gasteiger partial charge is 0.271 e. The van der Waals surface area contributed by atoms with Crippen molar-refractivity contribution in [2.24, 2.45) is 0 Å². The van der Waals surface area contributed by atoms with Gasteiger partial charge in [-0.3, -0.25) is 24.7 Å². The third-order valence-corrected chi connectivity index (χ3v) is 5.72. The van der Waals surface area contributed by atoms with Gasteiger partial charge in [-0.05, 0) is 37.3 Å². The van der Waals surface area contributed by atoms with E-state index < -0.39 is 4.92 Å². The normalized spacial score (nSPS) is 15.5. The van der Waals surface area contributed by atoms with Crippen LogP contribution in [0.4, 0.5) is 11.4 Å². The van der Waals surface area contributed by atoms with E-state index in [0.29, 0.717) is 12.4 Å². The molecule has 10 nitrogen and oxygen atoms in total. The number of nitro benzene ring substituents is 1. The maximum absolute atomic E-state index is 12.8. The number of nitro groups is 1. The van der Waals surface area contributed by atoms with Gasteiger partial charge in [0.05, 0.1) is 30.9 Å². The second-order valence-electron chi connectivity index (χ2n) is 7.71. The number of carbonyl (C=O) groups excluding carboxylic acids is 1. The Morgan fingerprint density at radius 3 is 2.33 bits per heavy atom. The van der Waals surface area contributed by atoms with Crippen LogP contribution in [0.15, 0.2) is 42.5 Å². The van der Waals surface area contributed by atoms with Gasteiger partial charge in [-0.15, -0.1) is 0 Å². The van der Waals surface area contributed by atoms with Crippen molar-refractivity contribution in [3.05, 3.63) is 52.6 Å². The van der Waals surface area contributed by atoms with Crippen LogP contribution in [0.25, 0.3) is 0 Å². The summed E-state index contributed by atoms with van der Waals surface area (Å²) < 4.78 is 16.2. The van der Waals surface area contributed by atoms with Gasteiger partial charge in [0.25, 0.3) is 5.69 Å². The van der Waals surface area contributed by atoms with E-state index in [9.17, 15) is 14.9 Å². The lowest BCUT2D eigenvalue weighted by Crippen LogP contribution is -2.53. The Balaban J connectivity index is 1.45. The summed E-state index contributed by atoms with van der Waals surface area (Å²) in [5, 5.41) is 13.8. The molecule has 3 rings (SSSR count). The molecule has 2 aromatic carbocycles. The first-order valence-electron chi connectivity index (χ1n) is 10.8. The highest BCUT2D eigenvalue weighted by atomic mass is 16.6. The second kappa shape index (κ2) is 11.5. The van der Waals surface area contributed by atoms with E-state index >= 15 is 0 Å². The monoisotopic (exact) mass is 458 g/mol. The number of rotatable bonds is 10. The Bertz CT molecular complexity index is 944. The summed E-state index contributed by atoms with van der Waals surface area (Å²) in [6, 6.07) is 11.2. The lowest BCUT2D eigenvalue weighted by atomic mass is 10.2. The molecule has 0 aliphatic carbocycles. The Morgan fingerprint density at radius 2 is 1.73 bits per heavy atom. The summed E-state index contributed by atoms with van der Waals surface area (Å²) >= 11 is 0. The molecule has 1 aliphatic rings. The fourth-order valence-corrected chi connectivity index (χ4v) is 3.65. The molecule has 0 spiro atoms. The molecule has 1 heterocycles. The molecule has 0 saturated carbocycles. The van der Waals surface area contributed by atoms with Crippen molar-refractivity contribution in [1.82, 2.24) is 9.80 Å². The molecular formula is C23H30N4O6. The molecule has 1 fully saturated rings. The highest BCUT2D eigenvalue weighted by Gasteiger charge is 2.26. The standard InChI is InChI=1S/C23H30N4O6/c1-17(23(28)24-21-16-18(27(29)30)4-9-22(21)32-3)26-12-10-25(11-13-26)14-15-33-20-7-5-19(31-2)6-8-20/h4-9,16-17H,10-15H2,1-3H3,(H,24,28). The zero-order chi connectivity index (χ0) is 23.8. The number of nitrogens with zero attached hydrogens (tertiary/aromatic N) is 3. The van der Waals surface area contributed by atoms with E-state index in [1.165, 1.54) is 25.3 Å². The van der Waals surface area contributed by atoms with Gasteiger partial charge in [0.15, 0.2) is 0 Å². The molecule has 1 aliphatic heterocycles. The topological polar surface area (TPSA) is 106 Å². The van der Waals surface area contributed by atoms with Crippen LogP contribution in [0.3, 0.4) is 0 Å². The third kappa shape index (κ3) is 6.56. The van der Waals surface area contributed by atoms with Crippen molar-refractivity contribution in [2.75, 3.05) is 58.9 Å². The molecule has 1 atom stereocenters. The fourth-order valence-electron chi connectivity index (χ4n) is 3.65. The summed E-state index contributed by atoms with van der Waals surface area (Å²) in [5.74, 6) is 1.74. The predicted octanol–water partition coefficient (Wildman–Crippen LogP) is 2.64. The van der Waals surface area contributed by atoms with Crippen molar-refractivity contribution in [3.63, 3.8) is 0 Å². The predicted molar refractivity (Wildman–Crippen MR) is 124 cm³/mol. The Hall–Kier alpha value is -3.37. The number of carbonyl (C=O) groups is 1. The number of methoxy groups -OCH3 is 2. The van der Waals surface area contributed by atoms with Crippen LogP contribution < -0.4 is 19.5 Å². The second-order valence-corrected chi connectivity index (χ2v) is 7.71. The molecule has 178 valence electrons. The molecule has 1 amide bonds. The maximum atomic E-state index is 12.8. The quantitative estimate of drug-likeness (QED) is 0.428. The zero-order valence-corrected chi connectivity index (χ0v) is 19.2. The van der Waals surface area contributed by atoms with E-state index in [0.717, 1.165) is 44.2 Å². The molecule has 33 heavy (non-hydrogen) atoms. The number of ether oxygens (including phenoxy) is 3. The SMILES string of the molecule is COc1ccc(OCCN2CCN(C(C)C(=O)Nc3cc([N+](=O)[O-])ccc3OC)CC2)cc1. The van der Waals surface area contributed by atoms with Crippen molar-refractivity contribution >= 4 is 17.3 Å². The molecule has 1 saturated heterocycles. The van der Waals surface area contributed by atoms with Gasteiger partial charge in [-0.1, -0.05) is 0 Å². The first-order chi connectivity index (χ1) is 15.9. The number of nitrogens with one attached hydrogen (secondary N) is 1. The largest absolute Gasteiger partial charge is 0.497 e. The van der Waals surface area contributed by atoms with Gasteiger partial charge >= 0.3 is 0 Å². The van der Waals surface area contributed by atoms with Crippen LogP contribution in [0.2, 0.25) is 0 Å². The number of hydrogen-bond donors (Lipinski definition) is 1. The number of non-ortho nitro benzene ring substituents is 1. The molecule has 0 bridgehead atoms. The molecule has 1 unspecified atom stereocenters. The summed E-state index contributed by atoms with van der Waals surface area (Å²) in [7, 11) is 3.09. The minimum atomic E-state index is -0.504. The summed E-state index contributed by atoms with van der Waals surface area (Å²) in [6.07, 6.45) is 0. The molecule has 10 heteroatoms. The molecule has 2 aromatic rings. The molecular weight excluding hydrogens is 428 g/mol. The summed E-state index contributed by atoms with van der Waals surface area (Å²) in [6.45, 7) is 6.34. The van der Waals surface area contributed by atoms with Gasteiger partial charge in [0.1, 0.15) is 23.9 Å². The lowest BCUT2D eigenvalue weighted by molar-refractivity contribution is -0.384. The molecule has 0 aromatic heterocycles. The molecule has 0 radical (unpaired) electrons. The van der Waals surface area contributed by atoms with Crippen LogP contribution in [0.1, 0.15) is 6.92 Å². The Morgan fingerprint density at radius 1 is 1.06 bits per heavy atom. The third-order valence-electron chi connectivity index (χ3n) is 5.72. The highest BCUT2D eigenvalue weighted by Crippen LogP contribution is 2.29. The van der Waals surface area contributed by atoms with Crippen molar-refractivity contribution in [1.29, 1.82) is 0 Å². The van der Waals surface area contributed by atoms with Gasteiger partial charge in [-0.25, -0.2) is 0 Å². The first kappa shape index (κ1) is 24.3. The first-order valence-corrected chi connectivity index (χ1v) is 10.8. The lowest BCUT2D eigenvalue weighted by Gasteiger charge is -2.37. The number of hydrogen-bond acceptors (Lipinski definition) is 8. The Labute approximate surface area is 193 Å². The van der Waals surface area contributed by atoms with E-state index in [2.05, 4.69) is 15.1 Å². The van der Waals surface area contributed by atoms with Gasteiger partial charge in [0, 0.05) is 44.9 Å². The summed E-state index contributed by atoms with van der Waals surface area (Å²) in [4.78, 5) is 27.7. The Kier molecular flexibility index (Phi) is 8.45. The summed E-state index contributed by atoms with van der Waals surface area (Å²) in [5.41, 5.74) is 0.182. The zero-order valence-electron chi connectivity index (χ0n) is 19.2. The average Bonchev–Trinajstić information content (AvgIpc) is 2.84. The highest BCUT2D eigenvalue weighted by molar-refractivity contribution is 5.96. The van der Waals surface area contributed by atoms with E-state index in [1.54, 1.807) is 7.11 Å². The fraction of sp³-hybridized carbons (Fsp3) is 0.435. The van der Waals surface area contributed by atoms with Crippen LogP contribution in [0.5, 0.6) is 17.2 Å². The van der Waals surface area contributed by atoms with Crippen LogP contribution in [-0.2, 0) is 4.79 Å². The number of benzene rings is 2. The van der Waals surface area contributed by atoms with Gasteiger partial charge in [0.2, 0.25) is 5.91 Å². The van der Waals surface area contributed by atoms with Crippen molar-refractivity contribution in [2.45, 2.75) is 13.0 Å². The minimum Gasteiger partial charge on any atom is -0.497 e. The van der Waals surface area contributed by atoms with Crippen LogP contribution >= 0.6 is 0 Å². The number of piperazine rings is 1.